The number of hydrogen-bond acceptors (Lipinski definition) is 4. The van der Waals surface area contributed by atoms with Crippen molar-refractivity contribution in [2.75, 3.05) is 24.7 Å². The van der Waals surface area contributed by atoms with Crippen LogP contribution in [0.5, 0.6) is 0 Å². The molecular formula is C15H21N3O4S. The summed E-state index contributed by atoms with van der Waals surface area (Å²) in [4.78, 5) is 23.8. The van der Waals surface area contributed by atoms with E-state index in [2.05, 4.69) is 5.32 Å². The minimum absolute atomic E-state index is 0.180. The average molecular weight is 339 g/mol. The smallest absolute Gasteiger partial charge is 0.249 e. The number of primary amides is 1. The molecule has 1 fully saturated rings. The van der Waals surface area contributed by atoms with Crippen molar-refractivity contribution < 1.29 is 18.0 Å². The second-order valence-electron chi connectivity index (χ2n) is 5.79. The van der Waals surface area contributed by atoms with Gasteiger partial charge in [0.15, 0.2) is 0 Å². The molecule has 2 rings (SSSR count). The van der Waals surface area contributed by atoms with Gasteiger partial charge in [-0.2, -0.15) is 0 Å². The second-order valence-corrected chi connectivity index (χ2v) is 7.77. The molecule has 7 nitrogen and oxygen atoms in total. The zero-order chi connectivity index (χ0) is 17.2. The van der Waals surface area contributed by atoms with E-state index in [-0.39, 0.29) is 12.5 Å². The molecule has 1 saturated heterocycles. The number of nitrogens with one attached hydrogen (secondary N) is 1. The number of nitrogens with zero attached hydrogens (tertiary/aromatic N) is 1. The zero-order valence-electron chi connectivity index (χ0n) is 13.2. The Morgan fingerprint density at radius 2 is 2.04 bits per heavy atom. The first-order valence-corrected chi connectivity index (χ1v) is 9.20. The highest BCUT2D eigenvalue weighted by molar-refractivity contribution is 7.88. The molecule has 1 aliphatic rings. The average Bonchev–Trinajstić information content (AvgIpc) is 2.48. The third-order valence-electron chi connectivity index (χ3n) is 4.08. The van der Waals surface area contributed by atoms with Gasteiger partial charge in [-0.05, 0) is 37.5 Å². The summed E-state index contributed by atoms with van der Waals surface area (Å²) in [6.07, 6.45) is 2.42. The molecule has 0 radical (unpaired) electrons. The lowest BCUT2D eigenvalue weighted by Gasteiger charge is -2.30. The van der Waals surface area contributed by atoms with Crippen molar-refractivity contribution in [2.24, 2.45) is 11.7 Å². The second kappa shape index (κ2) is 6.67. The van der Waals surface area contributed by atoms with Crippen LogP contribution in [0.15, 0.2) is 18.2 Å². The maximum absolute atomic E-state index is 12.4. The van der Waals surface area contributed by atoms with Crippen LogP contribution in [-0.4, -0.2) is 43.9 Å². The Bertz CT molecular complexity index is 730. The Labute approximate surface area is 135 Å². The minimum Gasteiger partial charge on any atom is -0.366 e. The Kier molecular flexibility index (Phi) is 5.06. The van der Waals surface area contributed by atoms with E-state index in [0.717, 1.165) is 6.26 Å². The van der Waals surface area contributed by atoms with Gasteiger partial charge in [0.05, 0.1) is 12.2 Å². The van der Waals surface area contributed by atoms with E-state index in [0.29, 0.717) is 36.2 Å². The van der Waals surface area contributed by atoms with Crippen LogP contribution in [0.2, 0.25) is 0 Å². The van der Waals surface area contributed by atoms with Crippen molar-refractivity contribution >= 4 is 27.5 Å². The van der Waals surface area contributed by atoms with Crippen LogP contribution < -0.4 is 11.1 Å². The van der Waals surface area contributed by atoms with Crippen LogP contribution in [0.3, 0.4) is 0 Å². The summed E-state index contributed by atoms with van der Waals surface area (Å²) in [6, 6.07) is 4.93. The van der Waals surface area contributed by atoms with Gasteiger partial charge in [-0.15, -0.1) is 0 Å². The standard InChI is InChI=1S/C15H21N3O4S/c1-10-12(14(16)19)6-3-7-13(10)17-15(20)11-5-4-8-18(9-11)23(2,21)22/h3,6-7,11H,4-5,8-9H2,1-2H3,(H2,16,19)(H,17,20)/t11-/m0/s1. The number of carbonyl (C=O) groups is 2. The quantitative estimate of drug-likeness (QED) is 0.841. The summed E-state index contributed by atoms with van der Waals surface area (Å²) in [7, 11) is -3.30. The van der Waals surface area contributed by atoms with Gasteiger partial charge in [0.25, 0.3) is 0 Å². The summed E-state index contributed by atoms with van der Waals surface area (Å²) < 4.78 is 24.6. The number of sulfonamides is 1. The summed E-state index contributed by atoms with van der Waals surface area (Å²) in [5, 5.41) is 2.78. The number of piperidine rings is 1. The highest BCUT2D eigenvalue weighted by Crippen LogP contribution is 2.23. The zero-order valence-corrected chi connectivity index (χ0v) is 14.0. The predicted octanol–water partition coefficient (Wildman–Crippen LogP) is 0.704. The van der Waals surface area contributed by atoms with E-state index in [1.807, 2.05) is 0 Å². The maximum Gasteiger partial charge on any atom is 0.249 e. The molecular weight excluding hydrogens is 318 g/mol. The van der Waals surface area contributed by atoms with Gasteiger partial charge in [0.1, 0.15) is 0 Å². The lowest BCUT2D eigenvalue weighted by Crippen LogP contribution is -2.43. The molecule has 0 saturated carbocycles. The summed E-state index contributed by atoms with van der Waals surface area (Å²) >= 11 is 0. The molecule has 126 valence electrons. The van der Waals surface area contributed by atoms with E-state index in [4.69, 9.17) is 5.73 Å². The lowest BCUT2D eigenvalue weighted by atomic mass is 9.98. The number of rotatable bonds is 4. The molecule has 8 heteroatoms. The molecule has 0 unspecified atom stereocenters. The molecule has 2 amide bonds. The van der Waals surface area contributed by atoms with E-state index >= 15 is 0 Å². The van der Waals surface area contributed by atoms with Gasteiger partial charge in [-0.1, -0.05) is 6.07 Å². The fourth-order valence-corrected chi connectivity index (χ4v) is 3.64. The third kappa shape index (κ3) is 4.08. The SMILES string of the molecule is Cc1c(NC(=O)[C@H]2CCCN(S(C)(=O)=O)C2)cccc1C(N)=O. The van der Waals surface area contributed by atoms with Crippen molar-refractivity contribution in [3.8, 4) is 0 Å². The summed E-state index contributed by atoms with van der Waals surface area (Å²) in [5.74, 6) is -1.21. The van der Waals surface area contributed by atoms with Gasteiger partial charge in [-0.25, -0.2) is 12.7 Å². The first-order chi connectivity index (χ1) is 10.7. The normalized spacial score (nSPS) is 19.3. The molecule has 1 heterocycles. The molecule has 0 bridgehead atoms. The molecule has 1 aliphatic heterocycles. The van der Waals surface area contributed by atoms with Crippen molar-refractivity contribution in [1.29, 1.82) is 0 Å². The molecule has 0 aromatic heterocycles. The number of hydrogen-bond donors (Lipinski definition) is 2. The van der Waals surface area contributed by atoms with Crippen molar-refractivity contribution in [2.45, 2.75) is 19.8 Å². The molecule has 3 N–H and O–H groups in total. The Hall–Kier alpha value is -1.93. The first kappa shape index (κ1) is 17.4. The Morgan fingerprint density at radius 3 is 2.65 bits per heavy atom. The number of anilines is 1. The lowest BCUT2D eigenvalue weighted by molar-refractivity contribution is -0.120. The topological polar surface area (TPSA) is 110 Å². The van der Waals surface area contributed by atoms with E-state index in [1.54, 1.807) is 25.1 Å². The van der Waals surface area contributed by atoms with E-state index in [9.17, 15) is 18.0 Å². The Balaban J connectivity index is 2.13. The fraction of sp³-hybridized carbons (Fsp3) is 0.467. The largest absolute Gasteiger partial charge is 0.366 e. The maximum atomic E-state index is 12.4. The van der Waals surface area contributed by atoms with Crippen LogP contribution in [0.4, 0.5) is 5.69 Å². The first-order valence-electron chi connectivity index (χ1n) is 7.35. The third-order valence-corrected chi connectivity index (χ3v) is 5.35. The van der Waals surface area contributed by atoms with Crippen LogP contribution >= 0.6 is 0 Å². The fourth-order valence-electron chi connectivity index (χ4n) is 2.73. The van der Waals surface area contributed by atoms with Crippen LogP contribution in [0.25, 0.3) is 0 Å². The molecule has 23 heavy (non-hydrogen) atoms. The summed E-state index contributed by atoms with van der Waals surface area (Å²) in [5.41, 5.74) is 6.77. The highest BCUT2D eigenvalue weighted by Gasteiger charge is 2.30. The van der Waals surface area contributed by atoms with Crippen molar-refractivity contribution in [1.82, 2.24) is 4.31 Å². The van der Waals surface area contributed by atoms with E-state index in [1.165, 1.54) is 4.31 Å². The van der Waals surface area contributed by atoms with Gasteiger partial charge in [0.2, 0.25) is 21.8 Å². The van der Waals surface area contributed by atoms with Gasteiger partial charge in [0, 0.05) is 24.3 Å². The predicted molar refractivity (Wildman–Crippen MR) is 87.5 cm³/mol. The van der Waals surface area contributed by atoms with Gasteiger partial charge in [-0.3, -0.25) is 9.59 Å². The molecule has 1 aromatic rings. The minimum atomic E-state index is -3.30. The van der Waals surface area contributed by atoms with Gasteiger partial charge < -0.3 is 11.1 Å². The molecule has 1 aromatic carbocycles. The number of carbonyl (C=O) groups excluding carboxylic acids is 2. The number of benzene rings is 1. The highest BCUT2D eigenvalue weighted by atomic mass is 32.2. The van der Waals surface area contributed by atoms with Crippen molar-refractivity contribution in [3.63, 3.8) is 0 Å². The Morgan fingerprint density at radius 1 is 1.35 bits per heavy atom. The molecule has 1 atom stereocenters. The molecule has 0 spiro atoms. The van der Waals surface area contributed by atoms with Crippen LogP contribution in [0, 0.1) is 12.8 Å². The summed E-state index contributed by atoms with van der Waals surface area (Å²) in [6.45, 7) is 2.33. The van der Waals surface area contributed by atoms with Crippen LogP contribution in [-0.2, 0) is 14.8 Å². The van der Waals surface area contributed by atoms with E-state index < -0.39 is 21.8 Å². The van der Waals surface area contributed by atoms with Crippen molar-refractivity contribution in [3.05, 3.63) is 29.3 Å². The number of amides is 2. The van der Waals surface area contributed by atoms with Gasteiger partial charge >= 0.3 is 0 Å². The monoisotopic (exact) mass is 339 g/mol. The molecule has 0 aliphatic carbocycles. The number of nitrogens with two attached hydrogens (primary N) is 1. The van der Waals surface area contributed by atoms with Crippen LogP contribution in [0.1, 0.15) is 28.8 Å².